The fourth-order valence-corrected chi connectivity index (χ4v) is 1.92. The molecule has 0 fully saturated rings. The minimum Gasteiger partial charge on any atom is -0.298 e. The molecule has 0 bridgehead atoms. The van der Waals surface area contributed by atoms with Crippen molar-refractivity contribution < 1.29 is 14.0 Å². The van der Waals surface area contributed by atoms with E-state index in [0.717, 1.165) is 23.6 Å². The lowest BCUT2D eigenvalue weighted by Crippen LogP contribution is -2.12. The molecular formula is C11H8FN3O2S. The molecule has 18 heavy (non-hydrogen) atoms. The van der Waals surface area contributed by atoms with Crippen molar-refractivity contribution in [3.8, 4) is 0 Å². The zero-order valence-electron chi connectivity index (χ0n) is 9.31. The molecule has 2 aromatic rings. The number of carbonyl (C=O) groups excluding carboxylic acids is 2. The van der Waals surface area contributed by atoms with Crippen LogP contribution in [0.1, 0.15) is 27.8 Å². The van der Waals surface area contributed by atoms with Gasteiger partial charge in [-0.25, -0.2) is 9.97 Å². The van der Waals surface area contributed by atoms with Crippen LogP contribution in [0.4, 0.5) is 9.52 Å². The van der Waals surface area contributed by atoms with Gasteiger partial charge in [-0.15, -0.1) is 11.3 Å². The second kappa shape index (κ2) is 5.01. The Morgan fingerprint density at radius 2 is 2.17 bits per heavy atom. The molecule has 0 aliphatic rings. The van der Waals surface area contributed by atoms with Gasteiger partial charge in [-0.1, -0.05) is 0 Å². The SMILES string of the molecule is CC(=O)c1csc(NC(=O)c2ccc(F)nc2)n1. The van der Waals surface area contributed by atoms with Crippen molar-refractivity contribution in [3.63, 3.8) is 0 Å². The van der Waals surface area contributed by atoms with Crippen LogP contribution in [-0.2, 0) is 0 Å². The lowest BCUT2D eigenvalue weighted by Gasteiger charge is -2.00. The molecule has 92 valence electrons. The molecule has 2 heterocycles. The number of pyridine rings is 1. The zero-order valence-corrected chi connectivity index (χ0v) is 10.1. The predicted molar refractivity (Wildman–Crippen MR) is 64.3 cm³/mol. The molecule has 0 saturated heterocycles. The molecular weight excluding hydrogens is 257 g/mol. The number of nitrogens with zero attached hydrogens (tertiary/aromatic N) is 2. The third-order valence-corrected chi connectivity index (χ3v) is 2.83. The van der Waals surface area contributed by atoms with E-state index in [1.807, 2.05) is 0 Å². The van der Waals surface area contributed by atoms with Crippen LogP contribution < -0.4 is 5.32 Å². The van der Waals surface area contributed by atoms with Gasteiger partial charge in [0.15, 0.2) is 10.9 Å². The number of carbonyl (C=O) groups is 2. The number of aromatic nitrogens is 2. The third kappa shape index (κ3) is 2.75. The Hall–Kier alpha value is -2.15. The summed E-state index contributed by atoms with van der Waals surface area (Å²) >= 11 is 1.15. The summed E-state index contributed by atoms with van der Waals surface area (Å²) in [6.45, 7) is 1.39. The minimum atomic E-state index is -0.653. The maximum atomic E-state index is 12.6. The van der Waals surface area contributed by atoms with Crippen LogP contribution in [0.2, 0.25) is 0 Å². The lowest BCUT2D eigenvalue weighted by molar-refractivity contribution is 0.100. The quantitative estimate of drug-likeness (QED) is 0.681. The summed E-state index contributed by atoms with van der Waals surface area (Å²) < 4.78 is 12.6. The van der Waals surface area contributed by atoms with Crippen molar-refractivity contribution in [1.82, 2.24) is 9.97 Å². The van der Waals surface area contributed by atoms with Gasteiger partial charge in [0.1, 0.15) is 5.69 Å². The first-order chi connectivity index (χ1) is 8.56. The van der Waals surface area contributed by atoms with Crippen LogP contribution in [0.3, 0.4) is 0 Å². The van der Waals surface area contributed by atoms with Crippen molar-refractivity contribution in [2.24, 2.45) is 0 Å². The normalized spacial score (nSPS) is 10.1. The van der Waals surface area contributed by atoms with Crippen LogP contribution >= 0.6 is 11.3 Å². The first kappa shape index (κ1) is 12.3. The average Bonchev–Trinajstić information content (AvgIpc) is 2.78. The predicted octanol–water partition coefficient (Wildman–Crippen LogP) is 2.13. The fourth-order valence-electron chi connectivity index (χ4n) is 1.17. The molecule has 0 aliphatic heterocycles. The van der Waals surface area contributed by atoms with Gasteiger partial charge in [0.25, 0.3) is 5.91 Å². The largest absolute Gasteiger partial charge is 0.298 e. The number of halogens is 1. The van der Waals surface area contributed by atoms with Crippen molar-refractivity contribution >= 4 is 28.2 Å². The van der Waals surface area contributed by atoms with E-state index in [2.05, 4.69) is 15.3 Å². The molecule has 0 atom stereocenters. The smallest absolute Gasteiger partial charge is 0.259 e. The molecule has 0 radical (unpaired) electrons. The molecule has 1 N–H and O–H groups in total. The highest BCUT2D eigenvalue weighted by atomic mass is 32.1. The van der Waals surface area contributed by atoms with Crippen LogP contribution in [0.25, 0.3) is 0 Å². The molecule has 0 aliphatic carbocycles. The van der Waals surface area contributed by atoms with Crippen LogP contribution in [0, 0.1) is 5.95 Å². The summed E-state index contributed by atoms with van der Waals surface area (Å²) in [5.41, 5.74) is 0.517. The average molecular weight is 265 g/mol. The van der Waals surface area contributed by atoms with Crippen LogP contribution in [0.5, 0.6) is 0 Å². The van der Waals surface area contributed by atoms with Gasteiger partial charge in [-0.3, -0.25) is 14.9 Å². The first-order valence-corrected chi connectivity index (χ1v) is 5.83. The molecule has 2 aromatic heterocycles. The number of thiazole rings is 1. The molecule has 0 saturated carbocycles. The van der Waals surface area contributed by atoms with Gasteiger partial charge < -0.3 is 0 Å². The number of anilines is 1. The Morgan fingerprint density at radius 3 is 2.72 bits per heavy atom. The Kier molecular flexibility index (Phi) is 3.42. The van der Waals surface area contributed by atoms with Crippen LogP contribution in [-0.4, -0.2) is 21.7 Å². The maximum Gasteiger partial charge on any atom is 0.259 e. The van der Waals surface area contributed by atoms with Crippen molar-refractivity contribution in [2.45, 2.75) is 6.92 Å². The van der Waals surface area contributed by atoms with E-state index < -0.39 is 11.9 Å². The van der Waals surface area contributed by atoms with E-state index in [0.29, 0.717) is 10.8 Å². The second-order valence-electron chi connectivity index (χ2n) is 3.42. The lowest BCUT2D eigenvalue weighted by atomic mass is 10.3. The number of hydrogen-bond acceptors (Lipinski definition) is 5. The minimum absolute atomic E-state index is 0.171. The van der Waals surface area contributed by atoms with E-state index in [4.69, 9.17) is 0 Å². The number of rotatable bonds is 3. The molecule has 7 heteroatoms. The Bertz CT molecular complexity index is 595. The molecule has 0 aromatic carbocycles. The van der Waals surface area contributed by atoms with E-state index in [1.54, 1.807) is 5.38 Å². The Morgan fingerprint density at radius 1 is 1.39 bits per heavy atom. The summed E-state index contributed by atoms with van der Waals surface area (Å²) in [6.07, 6.45) is 1.13. The third-order valence-electron chi connectivity index (χ3n) is 2.07. The fraction of sp³-hybridized carbons (Fsp3) is 0.0909. The summed E-state index contributed by atoms with van der Waals surface area (Å²) in [6, 6.07) is 2.41. The molecule has 5 nitrogen and oxygen atoms in total. The second-order valence-corrected chi connectivity index (χ2v) is 4.28. The standard InChI is InChI=1S/C11H8FN3O2S/c1-6(16)8-5-18-11(14-8)15-10(17)7-2-3-9(12)13-4-7/h2-5H,1H3,(H,14,15,17). The summed E-state index contributed by atoms with van der Waals surface area (Å²) in [4.78, 5) is 30.1. The molecule has 0 spiro atoms. The Balaban J connectivity index is 2.11. The van der Waals surface area contributed by atoms with Gasteiger partial charge >= 0.3 is 0 Å². The summed E-state index contributed by atoms with van der Waals surface area (Å²) in [5.74, 6) is -1.28. The van der Waals surface area contributed by atoms with E-state index >= 15 is 0 Å². The maximum absolute atomic E-state index is 12.6. The number of ketones is 1. The number of nitrogens with one attached hydrogen (secondary N) is 1. The van der Waals surface area contributed by atoms with E-state index in [9.17, 15) is 14.0 Å². The summed E-state index contributed by atoms with van der Waals surface area (Å²) in [7, 11) is 0. The first-order valence-electron chi connectivity index (χ1n) is 4.95. The number of amides is 1. The van der Waals surface area contributed by atoms with Gasteiger partial charge in [0, 0.05) is 18.5 Å². The zero-order chi connectivity index (χ0) is 13.1. The monoisotopic (exact) mass is 265 g/mol. The van der Waals surface area contributed by atoms with Crippen LogP contribution in [0.15, 0.2) is 23.7 Å². The van der Waals surface area contributed by atoms with Crippen molar-refractivity contribution in [1.29, 1.82) is 0 Å². The van der Waals surface area contributed by atoms with E-state index in [1.165, 1.54) is 13.0 Å². The van der Waals surface area contributed by atoms with Gasteiger partial charge in [0.2, 0.25) is 5.95 Å². The highest BCUT2D eigenvalue weighted by Gasteiger charge is 2.11. The highest BCUT2D eigenvalue weighted by molar-refractivity contribution is 7.14. The van der Waals surface area contributed by atoms with Crippen molar-refractivity contribution in [3.05, 3.63) is 40.9 Å². The van der Waals surface area contributed by atoms with E-state index in [-0.39, 0.29) is 11.3 Å². The Labute approximate surface area is 106 Å². The van der Waals surface area contributed by atoms with Gasteiger partial charge in [-0.05, 0) is 12.1 Å². The number of hydrogen-bond donors (Lipinski definition) is 1. The topological polar surface area (TPSA) is 72.0 Å². The van der Waals surface area contributed by atoms with Gasteiger partial charge in [-0.2, -0.15) is 4.39 Å². The molecule has 1 amide bonds. The molecule has 0 unspecified atom stereocenters. The van der Waals surface area contributed by atoms with Gasteiger partial charge in [0.05, 0.1) is 5.56 Å². The number of Topliss-reactive ketones (excluding diaryl/α,β-unsaturated/α-hetero) is 1. The van der Waals surface area contributed by atoms with Crippen molar-refractivity contribution in [2.75, 3.05) is 5.32 Å². The highest BCUT2D eigenvalue weighted by Crippen LogP contribution is 2.16. The molecule has 2 rings (SSSR count). The summed E-state index contributed by atoms with van der Waals surface area (Å²) in [5, 5.41) is 4.38.